The van der Waals surface area contributed by atoms with Crippen molar-refractivity contribution < 1.29 is 9.90 Å². The lowest BCUT2D eigenvalue weighted by Crippen LogP contribution is -1.96. The van der Waals surface area contributed by atoms with Gasteiger partial charge in [0.15, 0.2) is 11.5 Å². The first kappa shape index (κ1) is 7.14. The van der Waals surface area contributed by atoms with Crippen LogP contribution in [0.2, 0.25) is 0 Å². The predicted molar refractivity (Wildman–Crippen MR) is 36.2 cm³/mol. The van der Waals surface area contributed by atoms with E-state index in [1.807, 2.05) is 0 Å². The fourth-order valence-electron chi connectivity index (χ4n) is 0.527. The molecule has 0 spiro atoms. The van der Waals surface area contributed by atoms with Crippen molar-refractivity contribution in [3.63, 3.8) is 0 Å². The number of aromatic hydroxyl groups is 1. The number of ketones is 1. The Kier molecular flexibility index (Phi) is 1.96. The van der Waals surface area contributed by atoms with E-state index in [9.17, 15) is 4.79 Å². The van der Waals surface area contributed by atoms with E-state index in [-0.39, 0.29) is 17.4 Å². The first-order valence-electron chi connectivity index (χ1n) is 2.80. The van der Waals surface area contributed by atoms with Crippen molar-refractivity contribution in [1.29, 1.82) is 0 Å². The second-order valence-corrected chi connectivity index (χ2v) is 2.24. The van der Waals surface area contributed by atoms with Gasteiger partial charge in [-0.15, -0.1) is 4.37 Å². The maximum absolute atomic E-state index is 10.8. The minimum absolute atomic E-state index is 0.0903. The van der Waals surface area contributed by atoms with Crippen molar-refractivity contribution in [2.45, 2.75) is 13.3 Å². The Hall–Kier alpha value is -0.970. The molecule has 1 N–H and O–H groups in total. The summed E-state index contributed by atoms with van der Waals surface area (Å²) in [5.41, 5.74) is 0.0903. The van der Waals surface area contributed by atoms with Crippen LogP contribution in [0.25, 0.3) is 0 Å². The van der Waals surface area contributed by atoms with Gasteiger partial charge in [-0.1, -0.05) is 6.92 Å². The molecule has 0 bridgehead atoms. The van der Waals surface area contributed by atoms with Gasteiger partial charge in [0.2, 0.25) is 0 Å². The molecule has 0 fully saturated rings. The van der Waals surface area contributed by atoms with Gasteiger partial charge in [-0.3, -0.25) is 4.79 Å². The minimum atomic E-state index is -0.253. The van der Waals surface area contributed by atoms with Gasteiger partial charge in [0, 0.05) is 6.42 Å². The number of hydrogen-bond donors (Lipinski definition) is 1. The fraction of sp³-hybridized carbons (Fsp3) is 0.400. The highest BCUT2D eigenvalue weighted by molar-refractivity contribution is 6.99. The molecule has 0 radical (unpaired) electrons. The summed E-state index contributed by atoms with van der Waals surface area (Å²) in [5, 5.41) is 8.87. The number of rotatable bonds is 2. The highest BCUT2D eigenvalue weighted by Crippen LogP contribution is 2.13. The summed E-state index contributed by atoms with van der Waals surface area (Å²) in [6.45, 7) is 1.71. The molecular formula is C5H6N2O2S. The Labute approximate surface area is 61.8 Å². The summed E-state index contributed by atoms with van der Waals surface area (Å²) in [6.07, 6.45) is 0.346. The zero-order valence-electron chi connectivity index (χ0n) is 5.37. The maximum Gasteiger partial charge on any atom is 0.254 e. The van der Waals surface area contributed by atoms with Crippen molar-refractivity contribution >= 4 is 17.5 Å². The number of carbonyl (C=O) groups is 1. The lowest BCUT2D eigenvalue weighted by molar-refractivity contribution is 0.0981. The number of nitrogens with zero attached hydrogens (tertiary/aromatic N) is 2. The van der Waals surface area contributed by atoms with Crippen LogP contribution < -0.4 is 0 Å². The number of hydrogen-bond acceptors (Lipinski definition) is 5. The molecule has 0 aliphatic rings. The number of carbonyl (C=O) groups excluding carboxylic acids is 1. The third-order valence-electron chi connectivity index (χ3n) is 1.06. The molecule has 1 heterocycles. The molecule has 10 heavy (non-hydrogen) atoms. The molecule has 1 aromatic heterocycles. The van der Waals surface area contributed by atoms with Crippen LogP contribution in [0, 0.1) is 0 Å². The van der Waals surface area contributed by atoms with Crippen molar-refractivity contribution in [2.75, 3.05) is 0 Å². The van der Waals surface area contributed by atoms with Crippen molar-refractivity contribution in [3.8, 4) is 5.88 Å². The molecule has 0 aliphatic carbocycles. The molecule has 0 unspecified atom stereocenters. The molecule has 1 aromatic rings. The van der Waals surface area contributed by atoms with Crippen LogP contribution in [0.4, 0.5) is 0 Å². The minimum Gasteiger partial charge on any atom is -0.491 e. The van der Waals surface area contributed by atoms with Gasteiger partial charge in [-0.05, 0) is 0 Å². The van der Waals surface area contributed by atoms with Crippen LogP contribution in [-0.2, 0) is 0 Å². The molecule has 1 rings (SSSR count). The normalized spacial score (nSPS) is 9.70. The van der Waals surface area contributed by atoms with Crippen LogP contribution in [0.3, 0.4) is 0 Å². The smallest absolute Gasteiger partial charge is 0.254 e. The Bertz CT molecular complexity index is 246. The zero-order chi connectivity index (χ0) is 7.56. The van der Waals surface area contributed by atoms with E-state index in [0.29, 0.717) is 6.42 Å². The van der Waals surface area contributed by atoms with Crippen molar-refractivity contribution in [1.82, 2.24) is 8.75 Å². The highest BCUT2D eigenvalue weighted by atomic mass is 32.1. The van der Waals surface area contributed by atoms with Crippen LogP contribution >= 0.6 is 11.7 Å². The average Bonchev–Trinajstić information content (AvgIpc) is 2.34. The predicted octanol–water partition coefficient (Wildman–Crippen LogP) is 0.836. The van der Waals surface area contributed by atoms with E-state index >= 15 is 0 Å². The second-order valence-electron chi connectivity index (χ2n) is 1.71. The molecule has 4 nitrogen and oxygen atoms in total. The fourth-order valence-corrected chi connectivity index (χ4v) is 0.997. The first-order chi connectivity index (χ1) is 4.75. The molecule has 0 aromatic carbocycles. The standard InChI is InChI=1S/C5H6N2O2S/c1-2-3(8)4-5(9)7-10-6-4/h2H2,1H3,(H,7,9). The Balaban J connectivity index is 2.93. The molecule has 0 saturated heterocycles. The van der Waals surface area contributed by atoms with Gasteiger partial charge in [-0.2, -0.15) is 4.37 Å². The summed E-state index contributed by atoms with van der Waals surface area (Å²) in [6, 6.07) is 0. The third-order valence-corrected chi connectivity index (χ3v) is 1.58. The quantitative estimate of drug-likeness (QED) is 0.648. The van der Waals surface area contributed by atoms with Gasteiger partial charge in [-0.25, -0.2) is 0 Å². The molecule has 0 amide bonds. The summed E-state index contributed by atoms with van der Waals surface area (Å²) < 4.78 is 7.07. The van der Waals surface area contributed by atoms with Crippen LogP contribution in [0.15, 0.2) is 0 Å². The lowest BCUT2D eigenvalue weighted by Gasteiger charge is -1.87. The molecule has 0 atom stereocenters. The number of aromatic nitrogens is 2. The SMILES string of the molecule is CCC(=O)c1nsnc1O. The van der Waals surface area contributed by atoms with Gasteiger partial charge in [0.1, 0.15) is 0 Å². The Morgan fingerprint density at radius 3 is 2.80 bits per heavy atom. The Morgan fingerprint density at radius 2 is 2.40 bits per heavy atom. The van der Waals surface area contributed by atoms with Crippen LogP contribution in [0.1, 0.15) is 23.8 Å². The van der Waals surface area contributed by atoms with Crippen LogP contribution in [0.5, 0.6) is 5.88 Å². The van der Waals surface area contributed by atoms with E-state index in [0.717, 1.165) is 11.7 Å². The average molecular weight is 158 g/mol. The molecule has 0 aliphatic heterocycles. The molecule has 5 heteroatoms. The topological polar surface area (TPSA) is 63.1 Å². The molecular weight excluding hydrogens is 152 g/mol. The van der Waals surface area contributed by atoms with E-state index in [1.54, 1.807) is 6.92 Å². The first-order valence-corrected chi connectivity index (χ1v) is 3.53. The van der Waals surface area contributed by atoms with Gasteiger partial charge in [0.05, 0.1) is 11.7 Å². The van der Waals surface area contributed by atoms with Gasteiger partial charge >= 0.3 is 0 Å². The van der Waals surface area contributed by atoms with Gasteiger partial charge in [0.25, 0.3) is 5.88 Å². The second kappa shape index (κ2) is 2.74. The van der Waals surface area contributed by atoms with E-state index < -0.39 is 0 Å². The largest absolute Gasteiger partial charge is 0.491 e. The third kappa shape index (κ3) is 1.13. The zero-order valence-corrected chi connectivity index (χ0v) is 6.18. The summed E-state index contributed by atoms with van der Waals surface area (Å²) in [7, 11) is 0. The van der Waals surface area contributed by atoms with E-state index in [2.05, 4.69) is 8.75 Å². The van der Waals surface area contributed by atoms with Crippen molar-refractivity contribution in [3.05, 3.63) is 5.69 Å². The summed E-state index contributed by atoms with van der Waals surface area (Å²) in [5.74, 6) is -0.428. The molecule has 0 saturated carbocycles. The number of Topliss-reactive ketones (excluding diaryl/α,β-unsaturated/α-hetero) is 1. The van der Waals surface area contributed by atoms with Gasteiger partial charge < -0.3 is 5.11 Å². The van der Waals surface area contributed by atoms with E-state index in [1.165, 1.54) is 0 Å². The van der Waals surface area contributed by atoms with E-state index in [4.69, 9.17) is 5.11 Å². The monoisotopic (exact) mass is 158 g/mol. The molecule has 54 valence electrons. The lowest BCUT2D eigenvalue weighted by atomic mass is 10.2. The van der Waals surface area contributed by atoms with Crippen LogP contribution in [-0.4, -0.2) is 19.6 Å². The van der Waals surface area contributed by atoms with Crippen molar-refractivity contribution in [2.24, 2.45) is 0 Å². The highest BCUT2D eigenvalue weighted by Gasteiger charge is 2.12. The summed E-state index contributed by atoms with van der Waals surface area (Å²) >= 11 is 0.839. The summed E-state index contributed by atoms with van der Waals surface area (Å²) in [4.78, 5) is 10.8. The Morgan fingerprint density at radius 1 is 1.70 bits per heavy atom. The maximum atomic E-state index is 10.8.